The lowest BCUT2D eigenvalue weighted by Gasteiger charge is -2.07. The normalized spacial score (nSPS) is 10.7. The van der Waals surface area contributed by atoms with Gasteiger partial charge in [-0.1, -0.05) is 11.6 Å². The fourth-order valence-corrected chi connectivity index (χ4v) is 2.23. The monoisotopic (exact) mass is 295 g/mol. The maximum Gasteiger partial charge on any atom is 0.228 e. The summed E-state index contributed by atoms with van der Waals surface area (Å²) >= 11 is 5.87. The number of halogens is 2. The van der Waals surface area contributed by atoms with Crippen LogP contribution in [0.5, 0.6) is 0 Å². The first-order chi connectivity index (χ1) is 9.38. The fourth-order valence-electron chi connectivity index (χ4n) is 2.02. The van der Waals surface area contributed by atoms with Crippen molar-refractivity contribution in [2.75, 3.05) is 5.32 Å². The molecule has 1 amide bonds. The number of hydrogen-bond acceptors (Lipinski definition) is 2. The summed E-state index contributed by atoms with van der Waals surface area (Å²) in [5.41, 5.74) is 3.06. The average molecular weight is 296 g/mol. The van der Waals surface area contributed by atoms with E-state index in [0.717, 1.165) is 23.0 Å². The molecule has 0 fully saturated rings. The number of amides is 1. The molecule has 0 spiro atoms. The largest absolute Gasteiger partial charge is 0.324 e. The van der Waals surface area contributed by atoms with Crippen molar-refractivity contribution in [3.8, 4) is 0 Å². The number of nitrogens with one attached hydrogen (secondary N) is 1. The van der Waals surface area contributed by atoms with Crippen LogP contribution in [0.3, 0.4) is 0 Å². The quantitative estimate of drug-likeness (QED) is 0.946. The Kier molecular flexibility index (Phi) is 4.09. The molecular formula is C14H15ClFN3O. The molecule has 1 heterocycles. The molecule has 0 saturated heterocycles. The number of carbonyl (C=O) groups excluding carboxylic acids is 1. The lowest BCUT2D eigenvalue weighted by molar-refractivity contribution is -0.115. The Balaban J connectivity index is 2.13. The second-order valence-electron chi connectivity index (χ2n) is 4.62. The molecule has 0 aliphatic rings. The van der Waals surface area contributed by atoms with E-state index in [1.807, 2.05) is 20.9 Å². The first kappa shape index (κ1) is 14.5. The van der Waals surface area contributed by atoms with Gasteiger partial charge in [0.05, 0.1) is 22.8 Å². The molecule has 0 unspecified atom stereocenters. The number of aryl methyl sites for hydroxylation is 2. The van der Waals surface area contributed by atoms with Crippen LogP contribution in [0.4, 0.5) is 10.1 Å². The molecule has 0 saturated carbocycles. The Morgan fingerprint density at radius 1 is 1.45 bits per heavy atom. The molecule has 0 atom stereocenters. The van der Waals surface area contributed by atoms with Crippen LogP contribution in [-0.4, -0.2) is 15.7 Å². The van der Waals surface area contributed by atoms with Gasteiger partial charge in [0, 0.05) is 18.3 Å². The molecule has 1 aromatic carbocycles. The SMILES string of the molecule is Cc1nn(C)c(C)c1CC(=O)Nc1ccc(F)cc1Cl. The number of hydrogen-bond donors (Lipinski definition) is 1. The van der Waals surface area contributed by atoms with Crippen molar-refractivity contribution in [3.63, 3.8) is 0 Å². The molecule has 106 valence electrons. The molecular weight excluding hydrogens is 281 g/mol. The highest BCUT2D eigenvalue weighted by Crippen LogP contribution is 2.23. The van der Waals surface area contributed by atoms with Crippen molar-refractivity contribution >= 4 is 23.2 Å². The number of rotatable bonds is 3. The van der Waals surface area contributed by atoms with Gasteiger partial charge in [0.2, 0.25) is 5.91 Å². The van der Waals surface area contributed by atoms with Gasteiger partial charge in [0.1, 0.15) is 5.82 Å². The highest BCUT2D eigenvalue weighted by atomic mass is 35.5. The summed E-state index contributed by atoms with van der Waals surface area (Å²) in [7, 11) is 1.83. The van der Waals surface area contributed by atoms with E-state index in [-0.39, 0.29) is 17.4 Å². The summed E-state index contributed by atoms with van der Waals surface area (Å²) in [6.45, 7) is 3.77. The third kappa shape index (κ3) is 2.99. The van der Waals surface area contributed by atoms with Crippen LogP contribution in [0, 0.1) is 19.7 Å². The molecule has 2 rings (SSSR count). The Hall–Kier alpha value is -1.88. The van der Waals surface area contributed by atoms with Crippen LogP contribution >= 0.6 is 11.6 Å². The van der Waals surface area contributed by atoms with E-state index < -0.39 is 5.82 Å². The van der Waals surface area contributed by atoms with Gasteiger partial charge in [0.25, 0.3) is 0 Å². The van der Waals surface area contributed by atoms with Gasteiger partial charge in [-0.15, -0.1) is 0 Å². The standard InChI is InChI=1S/C14H15ClFN3O/c1-8-11(9(2)19(3)18-8)7-14(20)17-13-5-4-10(16)6-12(13)15/h4-6H,7H2,1-3H3,(H,17,20). The summed E-state index contributed by atoms with van der Waals surface area (Å²) in [5.74, 6) is -0.648. The predicted octanol–water partition coefficient (Wildman–Crippen LogP) is 3.01. The van der Waals surface area contributed by atoms with Gasteiger partial charge >= 0.3 is 0 Å². The summed E-state index contributed by atoms with van der Waals surface area (Å²) in [6, 6.07) is 3.86. The molecule has 0 bridgehead atoms. The van der Waals surface area contributed by atoms with Crippen molar-refractivity contribution in [3.05, 3.63) is 46.0 Å². The Bertz CT molecular complexity index is 667. The number of benzene rings is 1. The summed E-state index contributed by atoms with van der Waals surface area (Å²) < 4.78 is 14.7. The zero-order valence-corrected chi connectivity index (χ0v) is 12.3. The molecule has 20 heavy (non-hydrogen) atoms. The van der Waals surface area contributed by atoms with Crippen molar-refractivity contribution < 1.29 is 9.18 Å². The minimum Gasteiger partial charge on any atom is -0.324 e. The van der Waals surface area contributed by atoms with E-state index in [2.05, 4.69) is 10.4 Å². The first-order valence-electron chi connectivity index (χ1n) is 6.12. The summed E-state index contributed by atoms with van der Waals surface area (Å²) in [5, 5.41) is 7.11. The van der Waals surface area contributed by atoms with Crippen molar-refractivity contribution in [1.82, 2.24) is 9.78 Å². The molecule has 0 aliphatic carbocycles. The second-order valence-corrected chi connectivity index (χ2v) is 5.03. The van der Waals surface area contributed by atoms with Crippen molar-refractivity contribution in [1.29, 1.82) is 0 Å². The van der Waals surface area contributed by atoms with Gasteiger partial charge in [-0.25, -0.2) is 4.39 Å². The minimum absolute atomic E-state index is 0.179. The van der Waals surface area contributed by atoms with E-state index in [9.17, 15) is 9.18 Å². The maximum absolute atomic E-state index is 12.9. The molecule has 1 aromatic heterocycles. The van der Waals surface area contributed by atoms with E-state index >= 15 is 0 Å². The zero-order valence-electron chi connectivity index (χ0n) is 11.5. The highest BCUT2D eigenvalue weighted by molar-refractivity contribution is 6.33. The smallest absolute Gasteiger partial charge is 0.228 e. The van der Waals surface area contributed by atoms with Crippen LogP contribution in [0.1, 0.15) is 17.0 Å². The second kappa shape index (κ2) is 5.63. The molecule has 1 N–H and O–H groups in total. The third-order valence-electron chi connectivity index (χ3n) is 3.20. The highest BCUT2D eigenvalue weighted by Gasteiger charge is 2.14. The van der Waals surface area contributed by atoms with Crippen LogP contribution in [0.2, 0.25) is 5.02 Å². The third-order valence-corrected chi connectivity index (χ3v) is 3.51. The Labute approximate surface area is 121 Å². The minimum atomic E-state index is -0.438. The first-order valence-corrected chi connectivity index (χ1v) is 6.50. The van der Waals surface area contributed by atoms with E-state index in [4.69, 9.17) is 11.6 Å². The lowest BCUT2D eigenvalue weighted by Crippen LogP contribution is -2.15. The molecule has 0 aliphatic heterocycles. The summed E-state index contributed by atoms with van der Waals surface area (Å²) in [6.07, 6.45) is 0.208. The van der Waals surface area contributed by atoms with Crippen LogP contribution in [0.15, 0.2) is 18.2 Å². The topological polar surface area (TPSA) is 46.9 Å². The Morgan fingerprint density at radius 3 is 2.70 bits per heavy atom. The van der Waals surface area contributed by atoms with Gasteiger partial charge in [-0.2, -0.15) is 5.10 Å². The van der Waals surface area contributed by atoms with E-state index in [1.165, 1.54) is 12.1 Å². The molecule has 2 aromatic rings. The van der Waals surface area contributed by atoms with Gasteiger partial charge in [0.15, 0.2) is 0 Å². The van der Waals surface area contributed by atoms with E-state index in [1.54, 1.807) is 4.68 Å². The number of carbonyl (C=O) groups is 1. The molecule has 6 heteroatoms. The average Bonchev–Trinajstić information content (AvgIpc) is 2.60. The van der Waals surface area contributed by atoms with Crippen LogP contribution in [0.25, 0.3) is 0 Å². The molecule has 4 nitrogen and oxygen atoms in total. The zero-order chi connectivity index (χ0) is 14.9. The van der Waals surface area contributed by atoms with Gasteiger partial charge in [-0.05, 0) is 32.0 Å². The Morgan fingerprint density at radius 2 is 2.15 bits per heavy atom. The predicted molar refractivity (Wildman–Crippen MR) is 76.4 cm³/mol. The van der Waals surface area contributed by atoms with Crippen molar-refractivity contribution in [2.45, 2.75) is 20.3 Å². The van der Waals surface area contributed by atoms with E-state index in [0.29, 0.717) is 5.69 Å². The number of aromatic nitrogens is 2. The number of nitrogens with zero attached hydrogens (tertiary/aromatic N) is 2. The van der Waals surface area contributed by atoms with Gasteiger partial charge < -0.3 is 5.32 Å². The lowest BCUT2D eigenvalue weighted by atomic mass is 10.1. The van der Waals surface area contributed by atoms with Gasteiger partial charge in [-0.3, -0.25) is 9.48 Å². The summed E-state index contributed by atoms with van der Waals surface area (Å²) in [4.78, 5) is 12.0. The van der Waals surface area contributed by atoms with Crippen LogP contribution in [-0.2, 0) is 18.3 Å². The van der Waals surface area contributed by atoms with Crippen molar-refractivity contribution in [2.24, 2.45) is 7.05 Å². The fraction of sp³-hybridized carbons (Fsp3) is 0.286. The number of anilines is 1. The van der Waals surface area contributed by atoms with Crippen LogP contribution < -0.4 is 5.32 Å². The maximum atomic E-state index is 12.9. The molecule has 0 radical (unpaired) electrons.